The first-order valence-electron chi connectivity index (χ1n) is 10.4. The van der Waals surface area contributed by atoms with Crippen molar-refractivity contribution in [3.63, 3.8) is 0 Å². The molecule has 2 heteroatoms. The fourth-order valence-corrected chi connectivity index (χ4v) is 7.13. The minimum Gasteiger partial charge on any atom is -0.295 e. The van der Waals surface area contributed by atoms with Gasteiger partial charge in [-0.15, -0.1) is 0 Å². The minimum absolute atomic E-state index is 0.209. The lowest BCUT2D eigenvalue weighted by Crippen LogP contribution is -2.48. The number of ketones is 1. The second-order valence-corrected chi connectivity index (χ2v) is 9.59. The summed E-state index contributed by atoms with van der Waals surface area (Å²) in [7, 11) is 0. The Morgan fingerprint density at radius 3 is 2.81 bits per heavy atom. The number of nitrogens with zero attached hydrogens (tertiary/aromatic N) is 1. The van der Waals surface area contributed by atoms with Crippen molar-refractivity contribution in [3.05, 3.63) is 53.9 Å². The Bertz CT molecular complexity index is 794. The molecule has 2 fully saturated rings. The molecule has 0 N–H and O–H groups in total. The first-order valence-corrected chi connectivity index (χ1v) is 10.4. The molecule has 6 atom stereocenters. The van der Waals surface area contributed by atoms with Crippen molar-refractivity contribution in [2.24, 2.45) is 28.6 Å². The molecule has 4 aliphatic rings. The Labute approximate surface area is 156 Å². The number of carbonyl (C=O) groups is 1. The van der Waals surface area contributed by atoms with Crippen LogP contribution in [0.2, 0.25) is 0 Å². The van der Waals surface area contributed by atoms with Crippen LogP contribution in [0.3, 0.4) is 0 Å². The normalized spacial score (nSPS) is 44.1. The van der Waals surface area contributed by atoms with E-state index in [0.717, 1.165) is 18.8 Å². The van der Waals surface area contributed by atoms with Crippen LogP contribution in [-0.4, -0.2) is 10.8 Å². The molecule has 2 nitrogen and oxygen atoms in total. The van der Waals surface area contributed by atoms with Crippen LogP contribution >= 0.6 is 0 Å². The van der Waals surface area contributed by atoms with E-state index in [4.69, 9.17) is 0 Å². The van der Waals surface area contributed by atoms with Gasteiger partial charge >= 0.3 is 0 Å². The summed E-state index contributed by atoms with van der Waals surface area (Å²) >= 11 is 0. The van der Waals surface area contributed by atoms with Crippen LogP contribution in [0.5, 0.6) is 0 Å². The van der Waals surface area contributed by atoms with Crippen LogP contribution in [0.4, 0.5) is 0 Å². The zero-order valence-corrected chi connectivity index (χ0v) is 15.9. The Kier molecular flexibility index (Phi) is 3.58. The number of fused-ring (bicyclic) bond motifs is 5. The molecule has 0 bridgehead atoms. The summed E-state index contributed by atoms with van der Waals surface area (Å²) in [6.07, 6.45) is 17.7. The Hall–Kier alpha value is -1.70. The van der Waals surface area contributed by atoms with E-state index in [1.807, 2.05) is 12.3 Å². The van der Waals surface area contributed by atoms with E-state index in [2.05, 4.69) is 49.3 Å². The Morgan fingerprint density at radius 2 is 2.00 bits per heavy atom. The standard InChI is InChI=1S/C24H29NO/c1-23-11-9-18(26)14-17(23)5-6-19-21-8-7-20(16-4-3-13-25-15-16)24(21,2)12-10-22(19)23/h3-6,13-15,19-22H,7-12H2,1-2H3/t19-,20?,21-,22-,23-,24+/m0/s1. The van der Waals surface area contributed by atoms with Gasteiger partial charge in [0.15, 0.2) is 5.78 Å². The molecule has 5 rings (SSSR count). The molecular formula is C24H29NO. The zero-order chi connectivity index (χ0) is 17.9. The molecule has 1 heterocycles. The highest BCUT2D eigenvalue weighted by molar-refractivity contribution is 5.92. The average Bonchev–Trinajstić information content (AvgIpc) is 3.00. The van der Waals surface area contributed by atoms with Gasteiger partial charge in [0.1, 0.15) is 0 Å². The van der Waals surface area contributed by atoms with Gasteiger partial charge in [0.2, 0.25) is 0 Å². The van der Waals surface area contributed by atoms with Gasteiger partial charge in [0.25, 0.3) is 0 Å². The topological polar surface area (TPSA) is 30.0 Å². The summed E-state index contributed by atoms with van der Waals surface area (Å²) in [4.78, 5) is 16.3. The first kappa shape index (κ1) is 16.5. The van der Waals surface area contributed by atoms with Gasteiger partial charge in [-0.25, -0.2) is 0 Å². The number of allylic oxidation sites excluding steroid dienone is 4. The molecule has 26 heavy (non-hydrogen) atoms. The Morgan fingerprint density at radius 1 is 1.12 bits per heavy atom. The zero-order valence-electron chi connectivity index (χ0n) is 15.9. The second kappa shape index (κ2) is 5.65. The highest BCUT2D eigenvalue weighted by Crippen LogP contribution is 2.66. The van der Waals surface area contributed by atoms with Crippen molar-refractivity contribution in [1.29, 1.82) is 0 Å². The van der Waals surface area contributed by atoms with Crippen LogP contribution in [0.15, 0.2) is 48.3 Å². The van der Waals surface area contributed by atoms with Crippen LogP contribution in [0.1, 0.15) is 63.9 Å². The molecule has 0 saturated heterocycles. The van der Waals surface area contributed by atoms with Crippen molar-refractivity contribution >= 4 is 5.78 Å². The Balaban J connectivity index is 1.51. The fourth-order valence-electron chi connectivity index (χ4n) is 7.13. The highest BCUT2D eigenvalue weighted by atomic mass is 16.1. The van der Waals surface area contributed by atoms with E-state index < -0.39 is 0 Å². The molecule has 0 aliphatic heterocycles. The number of hydrogen-bond donors (Lipinski definition) is 0. The molecule has 2 saturated carbocycles. The van der Waals surface area contributed by atoms with E-state index in [1.165, 1.54) is 36.8 Å². The van der Waals surface area contributed by atoms with Crippen molar-refractivity contribution < 1.29 is 4.79 Å². The second-order valence-electron chi connectivity index (χ2n) is 9.59. The maximum Gasteiger partial charge on any atom is 0.156 e. The largest absolute Gasteiger partial charge is 0.295 e. The van der Waals surface area contributed by atoms with Gasteiger partial charge in [-0.1, -0.05) is 32.1 Å². The lowest BCUT2D eigenvalue weighted by atomic mass is 9.48. The molecule has 1 unspecified atom stereocenters. The number of rotatable bonds is 1. The molecule has 0 aromatic carbocycles. The van der Waals surface area contributed by atoms with E-state index >= 15 is 0 Å². The third-order valence-electron chi connectivity index (χ3n) is 8.60. The van der Waals surface area contributed by atoms with Crippen molar-refractivity contribution in [2.45, 2.75) is 58.3 Å². The number of carbonyl (C=O) groups excluding carboxylic acids is 1. The van der Waals surface area contributed by atoms with Gasteiger partial charge in [-0.05, 0) is 89.9 Å². The minimum atomic E-state index is 0.209. The maximum absolute atomic E-state index is 11.9. The predicted octanol–water partition coefficient (Wildman–Crippen LogP) is 5.47. The molecular weight excluding hydrogens is 318 g/mol. The van der Waals surface area contributed by atoms with E-state index in [0.29, 0.717) is 29.0 Å². The summed E-state index contributed by atoms with van der Waals surface area (Å²) in [6, 6.07) is 4.37. The van der Waals surface area contributed by atoms with E-state index in [-0.39, 0.29) is 5.41 Å². The van der Waals surface area contributed by atoms with E-state index in [9.17, 15) is 4.79 Å². The van der Waals surface area contributed by atoms with Gasteiger partial charge in [-0.2, -0.15) is 0 Å². The SMILES string of the molecule is C[C@]12CCC(=O)C=C1C=C[C@@H]1[C@@H]2CC[C@]2(C)C(c3cccnc3)CC[C@@H]12. The third kappa shape index (κ3) is 2.17. The average molecular weight is 348 g/mol. The summed E-state index contributed by atoms with van der Waals surface area (Å²) in [6.45, 7) is 4.98. The van der Waals surface area contributed by atoms with Crippen molar-refractivity contribution in [1.82, 2.24) is 4.98 Å². The van der Waals surface area contributed by atoms with Gasteiger partial charge in [-0.3, -0.25) is 9.78 Å². The maximum atomic E-state index is 11.9. The van der Waals surface area contributed by atoms with E-state index in [1.54, 1.807) is 0 Å². The van der Waals surface area contributed by atoms with Crippen LogP contribution in [0.25, 0.3) is 0 Å². The summed E-state index contributed by atoms with van der Waals surface area (Å²) in [5, 5.41) is 0. The van der Waals surface area contributed by atoms with Crippen molar-refractivity contribution in [3.8, 4) is 0 Å². The van der Waals surface area contributed by atoms with Gasteiger partial charge in [0, 0.05) is 18.8 Å². The van der Waals surface area contributed by atoms with Crippen LogP contribution < -0.4 is 0 Å². The lowest BCUT2D eigenvalue weighted by Gasteiger charge is -2.56. The monoisotopic (exact) mass is 347 g/mol. The first-order chi connectivity index (χ1) is 12.5. The third-order valence-corrected chi connectivity index (χ3v) is 8.60. The van der Waals surface area contributed by atoms with Crippen LogP contribution in [0, 0.1) is 28.6 Å². The number of pyridine rings is 1. The predicted molar refractivity (Wildman–Crippen MR) is 104 cm³/mol. The molecule has 0 amide bonds. The molecule has 4 aliphatic carbocycles. The van der Waals surface area contributed by atoms with Gasteiger partial charge in [0.05, 0.1) is 0 Å². The van der Waals surface area contributed by atoms with Crippen molar-refractivity contribution in [2.75, 3.05) is 0 Å². The van der Waals surface area contributed by atoms with Gasteiger partial charge < -0.3 is 0 Å². The highest BCUT2D eigenvalue weighted by Gasteiger charge is 2.58. The molecule has 0 radical (unpaired) electrons. The summed E-state index contributed by atoms with van der Waals surface area (Å²) < 4.78 is 0. The number of hydrogen-bond acceptors (Lipinski definition) is 2. The lowest BCUT2D eigenvalue weighted by molar-refractivity contribution is -0.116. The fraction of sp³-hybridized carbons (Fsp3) is 0.583. The number of aromatic nitrogens is 1. The summed E-state index contributed by atoms with van der Waals surface area (Å²) in [5.41, 5.74) is 3.34. The molecule has 1 aromatic rings. The van der Waals surface area contributed by atoms with Crippen LogP contribution in [-0.2, 0) is 4.79 Å². The summed E-state index contributed by atoms with van der Waals surface area (Å²) in [5.74, 6) is 3.11. The molecule has 1 aromatic heterocycles. The smallest absolute Gasteiger partial charge is 0.156 e. The quantitative estimate of drug-likeness (QED) is 0.674. The molecule has 0 spiro atoms. The molecule has 136 valence electrons.